The van der Waals surface area contributed by atoms with Crippen LogP contribution in [0.25, 0.3) is 11.5 Å². The Hall–Kier alpha value is -1.34. The molecule has 1 heterocycles. The maximum Gasteiger partial charge on any atom is 0.277 e. The van der Waals surface area contributed by atoms with Gasteiger partial charge in [-0.15, -0.1) is 10.2 Å². The molecule has 2 aromatic rings. The van der Waals surface area contributed by atoms with E-state index in [1.54, 1.807) is 0 Å². The summed E-state index contributed by atoms with van der Waals surface area (Å²) in [6.07, 6.45) is 2.16. The van der Waals surface area contributed by atoms with Crippen molar-refractivity contribution in [2.75, 3.05) is 0 Å². The van der Waals surface area contributed by atoms with Crippen LogP contribution in [0.1, 0.15) is 19.8 Å². The molecule has 1 amide bonds. The molecule has 1 N–H and O–H groups in total. The van der Waals surface area contributed by atoms with Gasteiger partial charge in [0.15, 0.2) is 0 Å². The Balaban J connectivity index is 1.64. The summed E-state index contributed by atoms with van der Waals surface area (Å²) < 4.78 is 6.59. The van der Waals surface area contributed by atoms with E-state index in [4.69, 9.17) is 4.42 Å². The molecule has 1 aliphatic rings. The Labute approximate surface area is 135 Å². The highest BCUT2D eigenvalue weighted by molar-refractivity contribution is 9.10. The van der Waals surface area contributed by atoms with Crippen molar-refractivity contribution in [2.24, 2.45) is 0 Å². The van der Waals surface area contributed by atoms with E-state index in [2.05, 4.69) is 31.4 Å². The number of nitrogens with zero attached hydrogens (tertiary/aromatic N) is 2. The molecule has 110 valence electrons. The minimum absolute atomic E-state index is 0.0193. The molecule has 7 heteroatoms. The van der Waals surface area contributed by atoms with Gasteiger partial charge < -0.3 is 9.73 Å². The first-order valence-corrected chi connectivity index (χ1v) is 8.35. The van der Waals surface area contributed by atoms with Crippen LogP contribution in [-0.2, 0) is 4.79 Å². The third kappa shape index (κ3) is 3.85. The first-order valence-electron chi connectivity index (χ1n) is 6.68. The van der Waals surface area contributed by atoms with Crippen molar-refractivity contribution in [3.63, 3.8) is 0 Å². The van der Waals surface area contributed by atoms with Crippen LogP contribution in [0.2, 0.25) is 0 Å². The van der Waals surface area contributed by atoms with Crippen LogP contribution in [0.4, 0.5) is 0 Å². The number of thioether (sulfide) groups is 1. The topological polar surface area (TPSA) is 68.0 Å². The zero-order valence-electron chi connectivity index (χ0n) is 11.4. The van der Waals surface area contributed by atoms with Crippen LogP contribution in [0.5, 0.6) is 0 Å². The highest BCUT2D eigenvalue weighted by atomic mass is 79.9. The predicted octanol–water partition coefficient (Wildman–Crippen LogP) is 3.26. The quantitative estimate of drug-likeness (QED) is 0.821. The summed E-state index contributed by atoms with van der Waals surface area (Å²) in [6, 6.07) is 7.99. The van der Waals surface area contributed by atoms with Gasteiger partial charge in [0.2, 0.25) is 11.8 Å². The highest BCUT2D eigenvalue weighted by Crippen LogP contribution is 2.27. The van der Waals surface area contributed by atoms with Gasteiger partial charge in [-0.25, -0.2) is 0 Å². The molecule has 3 rings (SSSR count). The molecule has 0 radical (unpaired) electrons. The largest absolute Gasteiger partial charge is 0.411 e. The van der Waals surface area contributed by atoms with E-state index < -0.39 is 0 Å². The maximum atomic E-state index is 11.9. The van der Waals surface area contributed by atoms with E-state index in [0.717, 1.165) is 22.9 Å². The van der Waals surface area contributed by atoms with Crippen molar-refractivity contribution in [1.82, 2.24) is 15.5 Å². The summed E-state index contributed by atoms with van der Waals surface area (Å²) in [4.78, 5) is 11.9. The lowest BCUT2D eigenvalue weighted by molar-refractivity contribution is -0.120. The Morgan fingerprint density at radius 2 is 2.10 bits per heavy atom. The van der Waals surface area contributed by atoms with Crippen molar-refractivity contribution < 1.29 is 9.21 Å². The molecule has 0 bridgehead atoms. The van der Waals surface area contributed by atoms with Gasteiger partial charge in [0.1, 0.15) is 0 Å². The molecule has 0 unspecified atom stereocenters. The van der Waals surface area contributed by atoms with Gasteiger partial charge in [0.25, 0.3) is 5.22 Å². The molecule has 0 spiro atoms. The third-order valence-corrected chi connectivity index (χ3v) is 4.53. The first kappa shape index (κ1) is 14.6. The average Bonchev–Trinajstić information content (AvgIpc) is 3.16. The summed E-state index contributed by atoms with van der Waals surface area (Å²) in [6.45, 7) is 1.84. The summed E-state index contributed by atoms with van der Waals surface area (Å²) >= 11 is 4.66. The van der Waals surface area contributed by atoms with Gasteiger partial charge in [-0.1, -0.05) is 27.7 Å². The van der Waals surface area contributed by atoms with Crippen molar-refractivity contribution in [3.05, 3.63) is 28.7 Å². The lowest BCUT2D eigenvalue weighted by Crippen LogP contribution is -2.32. The second-order valence-corrected chi connectivity index (χ2v) is 7.13. The van der Waals surface area contributed by atoms with Gasteiger partial charge in [-0.2, -0.15) is 0 Å². The molecule has 1 fully saturated rings. The molecular formula is C14H14BrN3O2S. The number of hydrogen-bond acceptors (Lipinski definition) is 5. The fourth-order valence-electron chi connectivity index (χ4n) is 1.72. The van der Waals surface area contributed by atoms with Gasteiger partial charge in [-0.05, 0) is 44.0 Å². The summed E-state index contributed by atoms with van der Waals surface area (Å²) in [7, 11) is 0. The number of carbonyl (C=O) groups is 1. The minimum atomic E-state index is -0.246. The fraction of sp³-hybridized carbons (Fsp3) is 0.357. The number of rotatable bonds is 5. The van der Waals surface area contributed by atoms with Crippen LogP contribution in [0, 0.1) is 0 Å². The minimum Gasteiger partial charge on any atom is -0.411 e. The number of hydrogen-bond donors (Lipinski definition) is 1. The van der Waals surface area contributed by atoms with E-state index in [0.29, 0.717) is 17.2 Å². The van der Waals surface area contributed by atoms with Crippen LogP contribution in [-0.4, -0.2) is 27.4 Å². The Kier molecular flexibility index (Phi) is 4.30. The molecule has 1 aliphatic carbocycles. The summed E-state index contributed by atoms with van der Waals surface area (Å²) in [5.41, 5.74) is 0.854. The monoisotopic (exact) mass is 367 g/mol. The first-order chi connectivity index (χ1) is 10.1. The number of nitrogens with one attached hydrogen (secondary N) is 1. The predicted molar refractivity (Wildman–Crippen MR) is 83.9 cm³/mol. The molecule has 1 atom stereocenters. The molecule has 1 aromatic heterocycles. The molecule has 5 nitrogen and oxygen atoms in total. The number of benzene rings is 1. The van der Waals surface area contributed by atoms with Gasteiger partial charge in [0.05, 0.1) is 5.25 Å². The maximum absolute atomic E-state index is 11.9. The molecular weight excluding hydrogens is 354 g/mol. The van der Waals surface area contributed by atoms with Crippen molar-refractivity contribution in [3.8, 4) is 11.5 Å². The van der Waals surface area contributed by atoms with E-state index in [1.165, 1.54) is 11.8 Å². The Morgan fingerprint density at radius 1 is 1.38 bits per heavy atom. The molecule has 0 aliphatic heterocycles. The molecule has 1 saturated carbocycles. The standard InChI is InChI=1S/C14H14BrN3O2S/c1-8(12(19)16-11-6-7-11)21-14-18-17-13(20-14)9-2-4-10(15)5-3-9/h2-5,8,11H,6-7H2,1H3,(H,16,19)/t8-/m1/s1. The number of amides is 1. The van der Waals surface area contributed by atoms with E-state index in [-0.39, 0.29) is 11.2 Å². The summed E-state index contributed by atoms with van der Waals surface area (Å²) in [5, 5.41) is 11.1. The van der Waals surface area contributed by atoms with Gasteiger partial charge >= 0.3 is 0 Å². The highest BCUT2D eigenvalue weighted by Gasteiger charge is 2.27. The van der Waals surface area contributed by atoms with Crippen LogP contribution >= 0.6 is 27.7 Å². The van der Waals surface area contributed by atoms with E-state index in [9.17, 15) is 4.79 Å². The molecule has 21 heavy (non-hydrogen) atoms. The second kappa shape index (κ2) is 6.19. The van der Waals surface area contributed by atoms with E-state index >= 15 is 0 Å². The lowest BCUT2D eigenvalue weighted by Gasteiger charge is -2.08. The summed E-state index contributed by atoms with van der Waals surface area (Å²) in [5.74, 6) is 0.477. The van der Waals surface area contributed by atoms with Crippen LogP contribution in [0.15, 0.2) is 38.4 Å². The Bertz CT molecular complexity index is 640. The van der Waals surface area contributed by atoms with Crippen LogP contribution < -0.4 is 5.32 Å². The van der Waals surface area contributed by atoms with Crippen molar-refractivity contribution >= 4 is 33.6 Å². The van der Waals surface area contributed by atoms with Gasteiger partial charge in [0, 0.05) is 16.1 Å². The smallest absolute Gasteiger partial charge is 0.277 e. The zero-order chi connectivity index (χ0) is 14.8. The van der Waals surface area contributed by atoms with Crippen LogP contribution in [0.3, 0.4) is 0 Å². The second-order valence-electron chi connectivity index (χ2n) is 4.92. The zero-order valence-corrected chi connectivity index (χ0v) is 13.8. The van der Waals surface area contributed by atoms with Crippen molar-refractivity contribution in [2.45, 2.75) is 36.3 Å². The third-order valence-electron chi connectivity index (χ3n) is 3.07. The number of aromatic nitrogens is 2. The van der Waals surface area contributed by atoms with E-state index in [1.807, 2.05) is 31.2 Å². The number of carbonyl (C=O) groups excluding carboxylic acids is 1. The van der Waals surface area contributed by atoms with Gasteiger partial charge in [-0.3, -0.25) is 4.79 Å². The Morgan fingerprint density at radius 3 is 2.76 bits per heavy atom. The SMILES string of the molecule is C[C@@H](Sc1nnc(-c2ccc(Br)cc2)o1)C(=O)NC1CC1. The average molecular weight is 368 g/mol. The lowest BCUT2D eigenvalue weighted by atomic mass is 10.2. The molecule has 1 aromatic carbocycles. The van der Waals surface area contributed by atoms with Crippen molar-refractivity contribution in [1.29, 1.82) is 0 Å². The number of halogens is 1. The fourth-order valence-corrected chi connectivity index (χ4v) is 2.67. The normalized spacial score (nSPS) is 15.7. The molecule has 0 saturated heterocycles.